The van der Waals surface area contributed by atoms with Crippen molar-refractivity contribution in [3.8, 4) is 11.5 Å². The first-order chi connectivity index (χ1) is 14.2. The minimum absolute atomic E-state index is 0.108. The summed E-state index contributed by atoms with van der Waals surface area (Å²) in [6.45, 7) is 1.20. The summed E-state index contributed by atoms with van der Waals surface area (Å²) >= 11 is 5.82. The minimum atomic E-state index is -2.75. The van der Waals surface area contributed by atoms with E-state index in [1.165, 1.54) is 25.1 Å². The van der Waals surface area contributed by atoms with E-state index in [0.29, 0.717) is 16.5 Å². The van der Waals surface area contributed by atoms with Crippen molar-refractivity contribution in [2.24, 2.45) is 0 Å². The van der Waals surface area contributed by atoms with Crippen molar-refractivity contribution >= 4 is 28.9 Å². The van der Waals surface area contributed by atoms with Crippen LogP contribution in [-0.2, 0) is 11.3 Å². The number of amides is 1. The molecule has 0 fully saturated rings. The Balaban J connectivity index is 1.78. The van der Waals surface area contributed by atoms with Crippen molar-refractivity contribution in [3.63, 3.8) is 0 Å². The molecular formula is C19H15ClF2N4O4. The van der Waals surface area contributed by atoms with Crippen molar-refractivity contribution in [3.05, 3.63) is 75.1 Å². The molecule has 0 saturated carbocycles. The highest BCUT2D eigenvalue weighted by molar-refractivity contribution is 6.30. The van der Waals surface area contributed by atoms with Gasteiger partial charge in [-0.3, -0.25) is 19.6 Å². The number of ether oxygens (including phenoxy) is 1. The number of carbonyl (C=O) groups is 1. The summed E-state index contributed by atoms with van der Waals surface area (Å²) in [6.07, 6.45) is -2.75. The van der Waals surface area contributed by atoms with E-state index in [0.717, 1.165) is 10.7 Å². The van der Waals surface area contributed by atoms with Gasteiger partial charge in [0.15, 0.2) is 0 Å². The second-order valence-corrected chi connectivity index (χ2v) is 6.68. The van der Waals surface area contributed by atoms with Crippen molar-refractivity contribution < 1.29 is 23.2 Å². The normalized spacial score (nSPS) is 10.8. The van der Waals surface area contributed by atoms with E-state index < -0.39 is 22.9 Å². The molecular weight excluding hydrogens is 422 g/mol. The highest BCUT2D eigenvalue weighted by Gasteiger charge is 2.17. The van der Waals surface area contributed by atoms with Crippen LogP contribution in [0.1, 0.15) is 17.8 Å². The SMILES string of the molecule is Cc1cc(C(F)F)nn1CC(=O)Nc1cc(Oc2ccc(Cl)cc2)cc([N+](=O)[O-])c1. The number of hydrogen-bond donors (Lipinski definition) is 1. The topological polar surface area (TPSA) is 99.3 Å². The number of nitro groups is 1. The Morgan fingerprint density at radius 2 is 1.93 bits per heavy atom. The van der Waals surface area contributed by atoms with Gasteiger partial charge in [-0.2, -0.15) is 5.10 Å². The molecule has 1 N–H and O–H groups in total. The zero-order valence-corrected chi connectivity index (χ0v) is 16.3. The lowest BCUT2D eigenvalue weighted by Gasteiger charge is -2.10. The fraction of sp³-hybridized carbons (Fsp3) is 0.158. The van der Waals surface area contributed by atoms with E-state index >= 15 is 0 Å². The molecule has 0 radical (unpaired) electrons. The molecule has 1 aromatic heterocycles. The Bertz CT molecular complexity index is 1090. The molecule has 3 aromatic rings. The van der Waals surface area contributed by atoms with E-state index in [-0.39, 0.29) is 23.7 Å². The quantitative estimate of drug-likeness (QED) is 0.409. The van der Waals surface area contributed by atoms with E-state index in [1.807, 2.05) is 0 Å². The molecule has 30 heavy (non-hydrogen) atoms. The molecule has 0 aliphatic carbocycles. The lowest BCUT2D eigenvalue weighted by molar-refractivity contribution is -0.384. The number of hydrogen-bond acceptors (Lipinski definition) is 5. The Morgan fingerprint density at radius 3 is 2.53 bits per heavy atom. The molecule has 0 saturated heterocycles. The van der Waals surface area contributed by atoms with E-state index in [9.17, 15) is 23.7 Å². The molecule has 156 valence electrons. The van der Waals surface area contributed by atoms with Gasteiger partial charge in [-0.1, -0.05) is 11.6 Å². The zero-order valence-electron chi connectivity index (χ0n) is 15.5. The lowest BCUT2D eigenvalue weighted by Crippen LogP contribution is -2.20. The van der Waals surface area contributed by atoms with Crippen LogP contribution in [0, 0.1) is 17.0 Å². The minimum Gasteiger partial charge on any atom is -0.457 e. The van der Waals surface area contributed by atoms with E-state index in [1.54, 1.807) is 24.3 Å². The van der Waals surface area contributed by atoms with Crippen molar-refractivity contribution in [2.75, 3.05) is 5.32 Å². The van der Waals surface area contributed by atoms with Crippen LogP contribution in [0.15, 0.2) is 48.5 Å². The van der Waals surface area contributed by atoms with Gasteiger partial charge in [-0.05, 0) is 37.3 Å². The average molecular weight is 437 g/mol. The van der Waals surface area contributed by atoms with E-state index in [2.05, 4.69) is 10.4 Å². The molecule has 0 atom stereocenters. The third-order valence-corrected chi connectivity index (χ3v) is 4.20. The highest BCUT2D eigenvalue weighted by atomic mass is 35.5. The summed E-state index contributed by atoms with van der Waals surface area (Å²) < 4.78 is 32.2. The number of alkyl halides is 2. The number of non-ortho nitro benzene ring substituents is 1. The third kappa shape index (κ3) is 5.29. The maximum atomic E-state index is 12.7. The molecule has 0 aliphatic heterocycles. The number of aromatic nitrogens is 2. The van der Waals surface area contributed by atoms with Gasteiger partial charge in [-0.25, -0.2) is 8.78 Å². The molecule has 3 rings (SSSR count). The van der Waals surface area contributed by atoms with Gasteiger partial charge in [0.25, 0.3) is 12.1 Å². The number of halogens is 3. The van der Waals surface area contributed by atoms with E-state index in [4.69, 9.17) is 16.3 Å². The molecule has 1 heterocycles. The molecule has 0 spiro atoms. The largest absolute Gasteiger partial charge is 0.457 e. The van der Waals surface area contributed by atoms with Gasteiger partial charge in [-0.15, -0.1) is 0 Å². The number of carbonyl (C=O) groups excluding carboxylic acids is 1. The fourth-order valence-corrected chi connectivity index (χ4v) is 2.72. The Labute approximate surface area is 174 Å². The fourth-order valence-electron chi connectivity index (χ4n) is 2.60. The zero-order chi connectivity index (χ0) is 21.8. The Hall–Kier alpha value is -3.53. The molecule has 2 aromatic carbocycles. The summed E-state index contributed by atoms with van der Waals surface area (Å²) in [5.41, 5.74) is -0.246. The molecule has 0 bridgehead atoms. The van der Waals surface area contributed by atoms with Crippen molar-refractivity contribution in [2.45, 2.75) is 19.9 Å². The first kappa shape index (κ1) is 21.2. The first-order valence-electron chi connectivity index (χ1n) is 8.56. The monoisotopic (exact) mass is 436 g/mol. The number of nitro benzene ring substituents is 1. The second kappa shape index (κ2) is 8.87. The van der Waals surface area contributed by atoms with Crippen LogP contribution in [0.3, 0.4) is 0 Å². The number of nitrogens with one attached hydrogen (secondary N) is 1. The van der Waals surface area contributed by atoms with Crippen LogP contribution in [-0.4, -0.2) is 20.6 Å². The van der Waals surface area contributed by atoms with Gasteiger partial charge in [0, 0.05) is 22.8 Å². The first-order valence-corrected chi connectivity index (χ1v) is 8.94. The number of rotatable bonds is 7. The van der Waals surface area contributed by atoms with Gasteiger partial charge >= 0.3 is 0 Å². The number of anilines is 1. The average Bonchev–Trinajstić information content (AvgIpc) is 3.04. The second-order valence-electron chi connectivity index (χ2n) is 6.25. The standard InChI is InChI=1S/C19H15ClF2N4O4/c1-11-6-17(19(21)22)24-25(11)10-18(27)23-13-7-14(26(28)29)9-16(8-13)30-15-4-2-12(20)3-5-15/h2-9,19H,10H2,1H3,(H,23,27). The summed E-state index contributed by atoms with van der Waals surface area (Å²) in [7, 11) is 0. The third-order valence-electron chi connectivity index (χ3n) is 3.95. The Morgan fingerprint density at radius 1 is 1.23 bits per heavy atom. The number of nitrogens with zero attached hydrogens (tertiary/aromatic N) is 3. The Kier molecular flexibility index (Phi) is 6.26. The highest BCUT2D eigenvalue weighted by Crippen LogP contribution is 2.30. The lowest BCUT2D eigenvalue weighted by atomic mass is 10.2. The van der Waals surface area contributed by atoms with Crippen LogP contribution in [0.4, 0.5) is 20.2 Å². The van der Waals surface area contributed by atoms with Crippen LogP contribution in [0.5, 0.6) is 11.5 Å². The molecule has 11 heteroatoms. The van der Waals surface area contributed by atoms with Crippen LogP contribution < -0.4 is 10.1 Å². The predicted octanol–water partition coefficient (Wildman–Crippen LogP) is 5.12. The van der Waals surface area contributed by atoms with Gasteiger partial charge in [0.1, 0.15) is 23.7 Å². The number of benzene rings is 2. The van der Waals surface area contributed by atoms with Gasteiger partial charge in [0.05, 0.1) is 16.7 Å². The van der Waals surface area contributed by atoms with Crippen LogP contribution in [0.25, 0.3) is 0 Å². The van der Waals surface area contributed by atoms with Crippen LogP contribution >= 0.6 is 11.6 Å². The van der Waals surface area contributed by atoms with Gasteiger partial charge in [0.2, 0.25) is 5.91 Å². The molecule has 0 aliphatic rings. The maximum absolute atomic E-state index is 12.7. The maximum Gasteiger partial charge on any atom is 0.282 e. The predicted molar refractivity (Wildman–Crippen MR) is 105 cm³/mol. The van der Waals surface area contributed by atoms with Crippen molar-refractivity contribution in [1.82, 2.24) is 9.78 Å². The van der Waals surface area contributed by atoms with Gasteiger partial charge < -0.3 is 10.1 Å². The summed E-state index contributed by atoms with van der Waals surface area (Å²) in [5, 5.41) is 17.9. The van der Waals surface area contributed by atoms with Crippen LogP contribution in [0.2, 0.25) is 5.02 Å². The molecule has 0 unspecified atom stereocenters. The summed E-state index contributed by atoms with van der Waals surface area (Å²) in [5.74, 6) is -0.0825. The molecule has 1 amide bonds. The molecule has 8 nitrogen and oxygen atoms in total. The summed E-state index contributed by atoms with van der Waals surface area (Å²) in [4.78, 5) is 22.9. The smallest absolute Gasteiger partial charge is 0.282 e. The van der Waals surface area contributed by atoms with Crippen molar-refractivity contribution in [1.29, 1.82) is 0 Å². The number of aryl methyl sites for hydroxylation is 1. The summed E-state index contributed by atoms with van der Waals surface area (Å²) in [6, 6.07) is 11.3.